The number of nitro benzene ring substituents is 1. The summed E-state index contributed by atoms with van der Waals surface area (Å²) in [5.74, 6) is -0.588. The van der Waals surface area contributed by atoms with Gasteiger partial charge < -0.3 is 10.2 Å². The van der Waals surface area contributed by atoms with Crippen LogP contribution in [-0.4, -0.2) is 32.1 Å². The second-order valence-electron chi connectivity index (χ2n) is 3.80. The van der Waals surface area contributed by atoms with Gasteiger partial charge in [-0.25, -0.2) is 4.39 Å². The number of anilines is 1. The van der Waals surface area contributed by atoms with E-state index >= 15 is 0 Å². The monoisotopic (exact) mass is 241 g/mol. The van der Waals surface area contributed by atoms with E-state index in [4.69, 9.17) is 0 Å². The summed E-state index contributed by atoms with van der Waals surface area (Å²) in [6, 6.07) is 3.60. The van der Waals surface area contributed by atoms with Crippen molar-refractivity contribution >= 4 is 11.4 Å². The number of hydrogen-bond donors (Lipinski definition) is 1. The fourth-order valence-corrected chi connectivity index (χ4v) is 1.51. The molecule has 17 heavy (non-hydrogen) atoms. The maximum absolute atomic E-state index is 13.2. The van der Waals surface area contributed by atoms with Crippen LogP contribution in [0.3, 0.4) is 0 Å². The summed E-state index contributed by atoms with van der Waals surface area (Å²) < 4.78 is 13.2. The molecule has 0 aromatic heterocycles. The van der Waals surface area contributed by atoms with E-state index in [0.29, 0.717) is 12.2 Å². The molecular weight excluding hydrogens is 225 g/mol. The minimum absolute atomic E-state index is 0.222. The van der Waals surface area contributed by atoms with Crippen LogP contribution in [0.15, 0.2) is 18.2 Å². The molecule has 0 heterocycles. The first kappa shape index (κ1) is 13.4. The summed E-state index contributed by atoms with van der Waals surface area (Å²) in [6.07, 6.45) is 0.886. The number of nitro groups is 1. The summed E-state index contributed by atoms with van der Waals surface area (Å²) in [5, 5.41) is 13.6. The second kappa shape index (κ2) is 6.15. The largest absolute Gasteiger partial charge is 0.374 e. The number of halogens is 1. The molecule has 1 aromatic carbocycles. The van der Waals surface area contributed by atoms with Crippen molar-refractivity contribution in [1.29, 1.82) is 0 Å². The molecule has 0 spiro atoms. The molecule has 0 saturated heterocycles. The van der Waals surface area contributed by atoms with Crippen molar-refractivity contribution in [1.82, 2.24) is 5.32 Å². The van der Waals surface area contributed by atoms with Crippen LogP contribution in [0.1, 0.15) is 6.42 Å². The van der Waals surface area contributed by atoms with Crippen molar-refractivity contribution in [2.24, 2.45) is 0 Å². The summed E-state index contributed by atoms with van der Waals surface area (Å²) in [7, 11) is 3.64. The number of nitrogens with zero attached hydrogens (tertiary/aromatic N) is 2. The molecule has 94 valence electrons. The lowest BCUT2D eigenvalue weighted by Crippen LogP contribution is -2.22. The molecular formula is C11H16FN3O2. The fraction of sp³-hybridized carbons (Fsp3) is 0.455. The molecule has 1 aromatic rings. The molecule has 6 heteroatoms. The van der Waals surface area contributed by atoms with E-state index in [-0.39, 0.29) is 5.69 Å². The number of nitrogens with one attached hydrogen (secondary N) is 1. The molecule has 5 nitrogen and oxygen atoms in total. The third kappa shape index (κ3) is 3.99. The molecule has 0 unspecified atom stereocenters. The van der Waals surface area contributed by atoms with Gasteiger partial charge in [-0.3, -0.25) is 10.1 Å². The van der Waals surface area contributed by atoms with Gasteiger partial charge in [0.05, 0.1) is 11.0 Å². The molecule has 0 fully saturated rings. The normalized spacial score (nSPS) is 10.3. The lowest BCUT2D eigenvalue weighted by Gasteiger charge is -2.18. The number of rotatable bonds is 6. The first-order valence-corrected chi connectivity index (χ1v) is 5.35. The Labute approximate surface area is 99.4 Å². The van der Waals surface area contributed by atoms with Gasteiger partial charge in [0.15, 0.2) is 0 Å². The highest BCUT2D eigenvalue weighted by Crippen LogP contribution is 2.22. The van der Waals surface area contributed by atoms with Crippen LogP contribution in [0.25, 0.3) is 0 Å². The maximum Gasteiger partial charge on any atom is 0.274 e. The summed E-state index contributed by atoms with van der Waals surface area (Å²) in [4.78, 5) is 11.8. The first-order chi connectivity index (χ1) is 8.04. The lowest BCUT2D eigenvalue weighted by molar-refractivity contribution is -0.385. The van der Waals surface area contributed by atoms with E-state index < -0.39 is 10.7 Å². The molecule has 0 amide bonds. The van der Waals surface area contributed by atoms with Crippen LogP contribution in [0.5, 0.6) is 0 Å². The molecule has 0 atom stereocenters. The van der Waals surface area contributed by atoms with E-state index in [0.717, 1.165) is 19.0 Å². The highest BCUT2D eigenvalue weighted by atomic mass is 19.1. The van der Waals surface area contributed by atoms with Gasteiger partial charge in [0.2, 0.25) is 0 Å². The van der Waals surface area contributed by atoms with Crippen LogP contribution in [0.2, 0.25) is 0 Å². The van der Waals surface area contributed by atoms with E-state index in [1.165, 1.54) is 12.1 Å². The third-order valence-corrected chi connectivity index (χ3v) is 2.44. The van der Waals surface area contributed by atoms with E-state index in [2.05, 4.69) is 5.32 Å². The highest BCUT2D eigenvalue weighted by molar-refractivity contribution is 5.53. The van der Waals surface area contributed by atoms with Crippen molar-refractivity contribution in [2.45, 2.75) is 6.42 Å². The van der Waals surface area contributed by atoms with Gasteiger partial charge in [0.1, 0.15) is 5.82 Å². The summed E-state index contributed by atoms with van der Waals surface area (Å²) >= 11 is 0. The predicted molar refractivity (Wildman–Crippen MR) is 64.9 cm³/mol. The van der Waals surface area contributed by atoms with Crippen molar-refractivity contribution < 1.29 is 9.31 Å². The fourth-order valence-electron chi connectivity index (χ4n) is 1.51. The molecule has 0 bridgehead atoms. The first-order valence-electron chi connectivity index (χ1n) is 5.35. The number of non-ortho nitro benzene ring substituents is 1. The minimum atomic E-state index is -0.589. The van der Waals surface area contributed by atoms with Gasteiger partial charge in [0.25, 0.3) is 5.69 Å². The second-order valence-corrected chi connectivity index (χ2v) is 3.80. The van der Waals surface area contributed by atoms with Gasteiger partial charge in [0, 0.05) is 25.3 Å². The van der Waals surface area contributed by atoms with Crippen molar-refractivity contribution in [3.63, 3.8) is 0 Å². The Morgan fingerprint density at radius 3 is 2.76 bits per heavy atom. The Hall–Kier alpha value is -1.69. The average molecular weight is 241 g/mol. The SMILES string of the molecule is CNCCCN(C)c1cc(F)cc([N+](=O)[O-])c1. The van der Waals surface area contributed by atoms with Gasteiger partial charge in [-0.05, 0) is 26.1 Å². The topological polar surface area (TPSA) is 58.4 Å². The molecule has 0 aliphatic carbocycles. The molecule has 0 saturated carbocycles. The van der Waals surface area contributed by atoms with Crippen LogP contribution < -0.4 is 10.2 Å². The smallest absolute Gasteiger partial charge is 0.274 e. The third-order valence-electron chi connectivity index (χ3n) is 2.44. The van der Waals surface area contributed by atoms with Crippen LogP contribution in [-0.2, 0) is 0 Å². The van der Waals surface area contributed by atoms with E-state index in [1.54, 1.807) is 11.9 Å². The standard InChI is InChI=1S/C11H16FN3O2/c1-13-4-3-5-14(2)10-6-9(12)7-11(8-10)15(16)17/h6-8,13H,3-5H2,1-2H3. The zero-order valence-corrected chi connectivity index (χ0v) is 9.94. The number of benzene rings is 1. The van der Waals surface area contributed by atoms with E-state index in [1.807, 2.05) is 7.05 Å². The quantitative estimate of drug-likeness (QED) is 0.468. The Bertz CT molecular complexity index is 398. The Balaban J connectivity index is 2.78. The maximum atomic E-state index is 13.2. The van der Waals surface area contributed by atoms with Crippen molar-refractivity contribution in [3.05, 3.63) is 34.1 Å². The highest BCUT2D eigenvalue weighted by Gasteiger charge is 2.11. The lowest BCUT2D eigenvalue weighted by atomic mass is 10.2. The van der Waals surface area contributed by atoms with Gasteiger partial charge in [-0.15, -0.1) is 0 Å². The Morgan fingerprint density at radius 2 is 2.18 bits per heavy atom. The molecule has 0 aliphatic rings. The van der Waals surface area contributed by atoms with Crippen LogP contribution in [0, 0.1) is 15.9 Å². The predicted octanol–water partition coefficient (Wildman–Crippen LogP) is 1.78. The average Bonchev–Trinajstić information content (AvgIpc) is 2.28. The van der Waals surface area contributed by atoms with Gasteiger partial charge in [-0.1, -0.05) is 0 Å². The minimum Gasteiger partial charge on any atom is -0.374 e. The Kier molecular flexibility index (Phi) is 4.84. The number of hydrogen-bond acceptors (Lipinski definition) is 4. The van der Waals surface area contributed by atoms with Crippen LogP contribution >= 0.6 is 0 Å². The van der Waals surface area contributed by atoms with E-state index in [9.17, 15) is 14.5 Å². The Morgan fingerprint density at radius 1 is 1.47 bits per heavy atom. The van der Waals surface area contributed by atoms with Gasteiger partial charge in [-0.2, -0.15) is 0 Å². The summed E-state index contributed by atoms with van der Waals surface area (Å²) in [6.45, 7) is 1.56. The molecule has 0 radical (unpaired) electrons. The molecule has 0 aliphatic heterocycles. The summed E-state index contributed by atoms with van der Waals surface area (Å²) in [5.41, 5.74) is 0.299. The van der Waals surface area contributed by atoms with Crippen molar-refractivity contribution in [3.8, 4) is 0 Å². The van der Waals surface area contributed by atoms with Crippen LogP contribution in [0.4, 0.5) is 15.8 Å². The zero-order chi connectivity index (χ0) is 12.8. The zero-order valence-electron chi connectivity index (χ0n) is 9.94. The van der Waals surface area contributed by atoms with Gasteiger partial charge >= 0.3 is 0 Å². The van der Waals surface area contributed by atoms with Crippen molar-refractivity contribution in [2.75, 3.05) is 32.1 Å². The molecule has 1 N–H and O–H groups in total. The molecule has 1 rings (SSSR count).